The van der Waals surface area contributed by atoms with Crippen molar-refractivity contribution in [2.45, 2.75) is 24.0 Å². The molecular weight excluding hydrogens is 533 g/mol. The molecule has 0 unspecified atom stereocenters. The van der Waals surface area contributed by atoms with E-state index in [0.717, 1.165) is 0 Å². The van der Waals surface area contributed by atoms with Gasteiger partial charge >= 0.3 is 193 Å². The molecule has 4 N–H and O–H groups in total. The van der Waals surface area contributed by atoms with Gasteiger partial charge in [-0.1, -0.05) is 18.2 Å². The van der Waals surface area contributed by atoms with Crippen LogP contribution in [0.2, 0.25) is 0 Å². The van der Waals surface area contributed by atoms with Gasteiger partial charge in [0.1, 0.15) is 0 Å². The Kier molecular flexibility index (Phi) is 6.63. The van der Waals surface area contributed by atoms with Crippen LogP contribution in [0.3, 0.4) is 0 Å². The van der Waals surface area contributed by atoms with Crippen LogP contribution in [-0.2, 0) is 9.53 Å². The summed E-state index contributed by atoms with van der Waals surface area (Å²) in [6.07, 6.45) is -1.85. The summed E-state index contributed by atoms with van der Waals surface area (Å²) >= 11 is -0.837. The van der Waals surface area contributed by atoms with Crippen LogP contribution in [-0.4, -0.2) is 84.8 Å². The van der Waals surface area contributed by atoms with Gasteiger partial charge in [-0.25, -0.2) is 0 Å². The number of benzene rings is 2. The van der Waals surface area contributed by atoms with Gasteiger partial charge in [-0.2, -0.15) is 0 Å². The van der Waals surface area contributed by atoms with Crippen LogP contribution in [0.5, 0.6) is 0 Å². The monoisotopic (exact) mass is 555 g/mol. The molecule has 0 spiro atoms. The van der Waals surface area contributed by atoms with Gasteiger partial charge in [0.05, 0.1) is 0 Å². The van der Waals surface area contributed by atoms with E-state index in [1.165, 1.54) is 17.2 Å². The van der Waals surface area contributed by atoms with Gasteiger partial charge in [0.15, 0.2) is 0 Å². The van der Waals surface area contributed by atoms with E-state index in [0.29, 0.717) is 10.0 Å². The van der Waals surface area contributed by atoms with Crippen LogP contribution in [0.25, 0.3) is 11.2 Å². The summed E-state index contributed by atoms with van der Waals surface area (Å²) in [6.45, 7) is -0.694. The minimum absolute atomic E-state index is 0.137. The van der Waals surface area contributed by atoms with Crippen molar-refractivity contribution in [1.82, 2.24) is 19.5 Å². The van der Waals surface area contributed by atoms with Crippen molar-refractivity contribution in [3.63, 3.8) is 0 Å². The van der Waals surface area contributed by atoms with E-state index in [4.69, 9.17) is 4.74 Å². The van der Waals surface area contributed by atoms with E-state index in [9.17, 15) is 24.9 Å². The summed E-state index contributed by atoms with van der Waals surface area (Å²) in [5.41, 5.74) is -1.51. The van der Waals surface area contributed by atoms with Gasteiger partial charge in [-0.3, -0.25) is 0 Å². The van der Waals surface area contributed by atoms with Crippen molar-refractivity contribution >= 4 is 47.0 Å². The van der Waals surface area contributed by atoms with Gasteiger partial charge in [0.25, 0.3) is 0 Å². The summed E-state index contributed by atoms with van der Waals surface area (Å²) in [6, 6.07) is 17.4. The van der Waals surface area contributed by atoms with Crippen molar-refractivity contribution in [3.05, 3.63) is 78.9 Å². The number of imidazole rings is 1. The number of hydrogen-bond donors (Lipinski definition) is 4. The molecule has 1 saturated heterocycles. The number of hydrogen-bond acceptors (Lipinski definition) is 9. The van der Waals surface area contributed by atoms with Crippen molar-refractivity contribution in [1.29, 1.82) is 0 Å². The molecule has 0 aliphatic carbocycles. The molecule has 2 aromatic heterocycles. The Bertz CT molecular complexity index is 1400. The van der Waals surface area contributed by atoms with Crippen LogP contribution in [0, 0.1) is 0 Å². The zero-order valence-corrected chi connectivity index (χ0v) is 20.3. The van der Waals surface area contributed by atoms with E-state index < -0.39 is 56.2 Å². The van der Waals surface area contributed by atoms with Crippen molar-refractivity contribution in [2.24, 2.45) is 0 Å². The maximum absolute atomic E-state index is 13.1. The number of rotatable bonds is 7. The SMILES string of the molecule is O=C(Nc1ncnc2c1ncn2[C@@H]1O[C@H](CO)[C@@](O)(C(=O)[Se]c2ccccc2)[C@H]1O)c1ccccc1. The first kappa shape index (κ1) is 24.2. The molecule has 1 aliphatic heterocycles. The third-order valence-corrected chi connectivity index (χ3v) is 8.00. The molecule has 0 saturated carbocycles. The average molecular weight is 554 g/mol. The Morgan fingerprint density at radius 3 is 2.44 bits per heavy atom. The van der Waals surface area contributed by atoms with Gasteiger partial charge < -0.3 is 0 Å². The fourth-order valence-corrected chi connectivity index (χ4v) is 5.92. The second kappa shape index (κ2) is 9.86. The number of anilines is 1. The number of aliphatic hydroxyl groups is 3. The summed E-state index contributed by atoms with van der Waals surface area (Å²) in [4.78, 5) is 38.3. The van der Waals surface area contributed by atoms with Gasteiger partial charge in [0, 0.05) is 0 Å². The zero-order chi connectivity index (χ0) is 25.3. The molecule has 4 aromatic rings. The first-order valence-corrected chi connectivity index (χ1v) is 12.6. The Balaban J connectivity index is 1.44. The number of aromatic nitrogens is 4. The number of fused-ring (bicyclic) bond motifs is 1. The molecule has 1 aliphatic rings. The molecule has 36 heavy (non-hydrogen) atoms. The summed E-state index contributed by atoms with van der Waals surface area (Å²) in [5, 5.41) is 35.0. The molecule has 0 bridgehead atoms. The van der Waals surface area contributed by atoms with Gasteiger partial charge in [-0.15, -0.1) is 0 Å². The Morgan fingerprint density at radius 2 is 1.75 bits per heavy atom. The van der Waals surface area contributed by atoms with E-state index >= 15 is 0 Å². The van der Waals surface area contributed by atoms with E-state index in [1.807, 2.05) is 0 Å². The Hall–Kier alpha value is -3.51. The molecule has 1 amide bonds. The molecule has 2 aromatic carbocycles. The van der Waals surface area contributed by atoms with E-state index in [-0.39, 0.29) is 17.0 Å². The van der Waals surface area contributed by atoms with Crippen molar-refractivity contribution in [2.75, 3.05) is 11.9 Å². The molecular formula is C24H21N5O6Se. The number of nitrogens with one attached hydrogen (secondary N) is 1. The average Bonchev–Trinajstić information content (AvgIpc) is 3.45. The third-order valence-electron chi connectivity index (χ3n) is 5.86. The molecule has 12 heteroatoms. The Labute approximate surface area is 211 Å². The van der Waals surface area contributed by atoms with Crippen LogP contribution in [0.15, 0.2) is 73.3 Å². The number of ether oxygens (including phenoxy) is 1. The molecule has 184 valence electrons. The van der Waals surface area contributed by atoms with E-state index in [2.05, 4.69) is 20.3 Å². The van der Waals surface area contributed by atoms with E-state index in [1.54, 1.807) is 60.7 Å². The molecule has 3 heterocycles. The predicted molar refractivity (Wildman–Crippen MR) is 129 cm³/mol. The summed E-state index contributed by atoms with van der Waals surface area (Å²) in [5.74, 6) is -0.261. The maximum atomic E-state index is 13.1. The predicted octanol–water partition coefficient (Wildman–Crippen LogP) is -0.383. The second-order valence-corrected chi connectivity index (χ2v) is 10.2. The zero-order valence-electron chi connectivity index (χ0n) is 18.6. The minimum atomic E-state index is -2.34. The van der Waals surface area contributed by atoms with Crippen molar-refractivity contribution in [3.8, 4) is 0 Å². The fourth-order valence-electron chi connectivity index (χ4n) is 3.98. The first-order valence-electron chi connectivity index (χ1n) is 10.9. The number of carbonyl (C=O) groups is 2. The molecule has 11 nitrogen and oxygen atoms in total. The molecule has 0 radical (unpaired) electrons. The van der Waals surface area contributed by atoms with Crippen LogP contribution in [0.1, 0.15) is 16.6 Å². The first-order chi connectivity index (χ1) is 17.4. The molecule has 1 fully saturated rings. The standard InChI is InChI=1S/C24H21N5O6Se/c30-11-16-24(34,23(33)36-15-9-5-2-6-10-15)18(31)22(35-16)29-13-27-17-19(25-12-26-20(17)29)28-21(32)14-7-3-1-4-8-14/h1-10,12-13,16,18,22,30-31,34H,11H2,(H,25,26,28,32)/t16-,18+,22-,24+/m1/s1. The van der Waals surface area contributed by atoms with Crippen LogP contribution in [0.4, 0.5) is 5.82 Å². The van der Waals surface area contributed by atoms with Crippen LogP contribution >= 0.6 is 0 Å². The Morgan fingerprint density at radius 1 is 1.06 bits per heavy atom. The van der Waals surface area contributed by atoms with Crippen LogP contribution < -0.4 is 9.78 Å². The quantitative estimate of drug-likeness (QED) is 0.223. The summed E-state index contributed by atoms with van der Waals surface area (Å²) < 4.78 is 7.16. The molecule has 5 rings (SSSR count). The number of nitrogens with zero attached hydrogens (tertiary/aromatic N) is 4. The second-order valence-electron chi connectivity index (χ2n) is 8.04. The minimum Gasteiger partial charge on any atom is -0.0622 e. The summed E-state index contributed by atoms with van der Waals surface area (Å²) in [7, 11) is 0. The van der Waals surface area contributed by atoms with Gasteiger partial charge in [-0.05, 0) is 0 Å². The normalized spacial score (nSPS) is 23.6. The third kappa shape index (κ3) is 4.20. The number of carbonyl (C=O) groups excluding carboxylic acids is 2. The number of amides is 1. The van der Waals surface area contributed by atoms with Gasteiger partial charge in [0.2, 0.25) is 0 Å². The molecule has 4 atom stereocenters. The number of aliphatic hydroxyl groups excluding tert-OH is 2. The topological polar surface area (TPSA) is 160 Å². The fraction of sp³-hybridized carbons (Fsp3) is 0.208. The van der Waals surface area contributed by atoms with Crippen molar-refractivity contribution < 1.29 is 29.6 Å². The smallest absolute Gasteiger partial charge is 0.0622 e.